The van der Waals surface area contributed by atoms with Crippen molar-refractivity contribution in [2.75, 3.05) is 6.54 Å². The van der Waals surface area contributed by atoms with Crippen LogP contribution in [0.3, 0.4) is 0 Å². The summed E-state index contributed by atoms with van der Waals surface area (Å²) in [7, 11) is 0. The number of hydrogen-bond acceptors (Lipinski definition) is 6. The molecule has 0 unspecified atom stereocenters. The highest BCUT2D eigenvalue weighted by Crippen LogP contribution is 2.24. The summed E-state index contributed by atoms with van der Waals surface area (Å²) in [6, 6.07) is 8.45. The zero-order chi connectivity index (χ0) is 22.1. The van der Waals surface area contributed by atoms with Gasteiger partial charge in [0.1, 0.15) is 6.04 Å². The van der Waals surface area contributed by atoms with E-state index in [1.54, 1.807) is 0 Å². The molecule has 2 atom stereocenters. The number of hydroxylamine groups is 2. The Kier molecular flexibility index (Phi) is 8.94. The van der Waals surface area contributed by atoms with Crippen molar-refractivity contribution in [1.29, 1.82) is 0 Å². The lowest BCUT2D eigenvalue weighted by molar-refractivity contribution is -0.160. The van der Waals surface area contributed by atoms with Crippen LogP contribution >= 0.6 is 0 Å². The van der Waals surface area contributed by atoms with Gasteiger partial charge in [-0.25, -0.2) is 15.9 Å². The van der Waals surface area contributed by atoms with Gasteiger partial charge in [0.05, 0.1) is 12.5 Å². The quantitative estimate of drug-likeness (QED) is 0.140. The Morgan fingerprint density at radius 1 is 1.30 bits per heavy atom. The molecule has 1 aliphatic rings. The van der Waals surface area contributed by atoms with Crippen LogP contribution < -0.4 is 5.84 Å². The van der Waals surface area contributed by atoms with Gasteiger partial charge in [0.2, 0.25) is 18.2 Å². The molecule has 4 amide bonds. The van der Waals surface area contributed by atoms with Crippen LogP contribution in [0, 0.1) is 5.92 Å². The third-order valence-electron chi connectivity index (χ3n) is 5.32. The fourth-order valence-corrected chi connectivity index (χ4v) is 3.64. The lowest BCUT2D eigenvalue weighted by atomic mass is 9.99. The second kappa shape index (κ2) is 11.4. The highest BCUT2D eigenvalue weighted by Gasteiger charge is 2.40. The van der Waals surface area contributed by atoms with E-state index >= 15 is 0 Å². The normalized spacial score (nSPS) is 17.0. The SMILES string of the molecule is CCCCC[C@H](CN(O)C=O)C(=O)N(N)C(=O)[C@@H]1CCC(=O)N1Cc1ccccc1. The van der Waals surface area contributed by atoms with Gasteiger partial charge in [-0.15, -0.1) is 0 Å². The van der Waals surface area contributed by atoms with E-state index in [0.717, 1.165) is 18.4 Å². The molecule has 2 rings (SSSR count). The number of amides is 4. The van der Waals surface area contributed by atoms with Gasteiger partial charge < -0.3 is 4.90 Å². The third kappa shape index (κ3) is 6.11. The third-order valence-corrected chi connectivity index (χ3v) is 5.32. The Labute approximate surface area is 176 Å². The van der Waals surface area contributed by atoms with E-state index in [1.807, 2.05) is 37.3 Å². The highest BCUT2D eigenvalue weighted by molar-refractivity contribution is 6.00. The number of hydrogen-bond donors (Lipinski definition) is 2. The van der Waals surface area contributed by atoms with E-state index in [9.17, 15) is 24.4 Å². The fourth-order valence-electron chi connectivity index (χ4n) is 3.64. The molecule has 1 saturated heterocycles. The first kappa shape index (κ1) is 23.5. The molecule has 0 bridgehead atoms. The van der Waals surface area contributed by atoms with Crippen LogP contribution in [0.5, 0.6) is 0 Å². The fraction of sp³-hybridized carbons (Fsp3) is 0.524. The van der Waals surface area contributed by atoms with E-state index in [1.165, 1.54) is 4.90 Å². The van der Waals surface area contributed by atoms with Gasteiger partial charge >= 0.3 is 0 Å². The molecule has 9 heteroatoms. The average molecular weight is 418 g/mol. The number of imide groups is 1. The van der Waals surface area contributed by atoms with Gasteiger partial charge in [-0.2, -0.15) is 0 Å². The second-order valence-corrected chi connectivity index (χ2v) is 7.53. The second-order valence-electron chi connectivity index (χ2n) is 7.53. The van der Waals surface area contributed by atoms with E-state index in [-0.39, 0.29) is 38.2 Å². The molecule has 0 saturated carbocycles. The smallest absolute Gasteiger partial charge is 0.266 e. The lowest BCUT2D eigenvalue weighted by Crippen LogP contribution is -2.54. The number of benzene rings is 1. The molecule has 1 aromatic rings. The molecule has 0 aromatic heterocycles. The molecule has 0 radical (unpaired) electrons. The standard InChI is InChI=1S/C21H30N4O5/c1-2-3-5-10-17(14-23(30)15-26)20(28)25(22)21(29)18-11-12-19(27)24(18)13-16-8-6-4-7-9-16/h4,6-9,15,17-18,30H,2-3,5,10-14,22H2,1H3/t17-,18+/m1/s1. The first-order valence-corrected chi connectivity index (χ1v) is 10.3. The molecule has 1 aliphatic heterocycles. The Morgan fingerprint density at radius 3 is 2.63 bits per heavy atom. The minimum absolute atomic E-state index is 0.167. The molecule has 3 N–H and O–H groups in total. The maximum atomic E-state index is 13.0. The van der Waals surface area contributed by atoms with Crippen LogP contribution in [0.15, 0.2) is 30.3 Å². The van der Waals surface area contributed by atoms with Gasteiger partial charge in [-0.05, 0) is 18.4 Å². The van der Waals surface area contributed by atoms with Crippen molar-refractivity contribution < 1.29 is 24.4 Å². The highest BCUT2D eigenvalue weighted by atomic mass is 16.5. The van der Waals surface area contributed by atoms with Crippen LogP contribution in [-0.2, 0) is 25.7 Å². The van der Waals surface area contributed by atoms with Crippen molar-refractivity contribution in [3.8, 4) is 0 Å². The summed E-state index contributed by atoms with van der Waals surface area (Å²) in [5.41, 5.74) is 0.875. The number of carbonyl (C=O) groups is 4. The number of carbonyl (C=O) groups excluding carboxylic acids is 4. The van der Waals surface area contributed by atoms with E-state index < -0.39 is 23.8 Å². The number of unbranched alkanes of at least 4 members (excludes halogenated alkanes) is 2. The zero-order valence-corrected chi connectivity index (χ0v) is 17.3. The Balaban J connectivity index is 2.10. The zero-order valence-electron chi connectivity index (χ0n) is 17.3. The number of nitrogens with two attached hydrogens (primary N) is 1. The molecular weight excluding hydrogens is 388 g/mol. The number of likely N-dealkylation sites (tertiary alicyclic amines) is 1. The summed E-state index contributed by atoms with van der Waals surface area (Å²) in [5.74, 6) is 3.57. The lowest BCUT2D eigenvalue weighted by Gasteiger charge is -2.29. The molecule has 0 aliphatic carbocycles. The van der Waals surface area contributed by atoms with Gasteiger partial charge in [-0.1, -0.05) is 56.5 Å². The van der Waals surface area contributed by atoms with Crippen LogP contribution in [-0.4, -0.2) is 56.9 Å². The molecule has 0 spiro atoms. The minimum atomic E-state index is -0.820. The maximum Gasteiger partial charge on any atom is 0.266 e. The Morgan fingerprint density at radius 2 is 2.00 bits per heavy atom. The van der Waals surface area contributed by atoms with E-state index in [4.69, 9.17) is 5.84 Å². The van der Waals surface area contributed by atoms with E-state index in [2.05, 4.69) is 0 Å². The topological polar surface area (TPSA) is 124 Å². The largest absolute Gasteiger partial charge is 0.326 e. The van der Waals surface area contributed by atoms with Crippen molar-refractivity contribution in [1.82, 2.24) is 15.0 Å². The minimum Gasteiger partial charge on any atom is -0.326 e. The molecule has 164 valence electrons. The monoisotopic (exact) mass is 418 g/mol. The predicted molar refractivity (Wildman–Crippen MR) is 108 cm³/mol. The van der Waals surface area contributed by atoms with Gasteiger partial charge in [0.15, 0.2) is 0 Å². The van der Waals surface area contributed by atoms with Crippen LogP contribution in [0.2, 0.25) is 0 Å². The molecular formula is C21H30N4O5. The van der Waals surface area contributed by atoms with Crippen LogP contribution in [0.25, 0.3) is 0 Å². The molecule has 1 fully saturated rings. The van der Waals surface area contributed by atoms with Crippen molar-refractivity contribution in [2.45, 2.75) is 58.0 Å². The van der Waals surface area contributed by atoms with Crippen molar-refractivity contribution in [3.63, 3.8) is 0 Å². The van der Waals surface area contributed by atoms with Gasteiger partial charge in [0.25, 0.3) is 5.91 Å². The predicted octanol–water partition coefficient (Wildman–Crippen LogP) is 1.45. The molecule has 9 nitrogen and oxygen atoms in total. The molecule has 1 aromatic carbocycles. The Bertz CT molecular complexity index is 742. The van der Waals surface area contributed by atoms with Gasteiger partial charge in [0, 0.05) is 13.0 Å². The van der Waals surface area contributed by atoms with Crippen LogP contribution in [0.1, 0.15) is 51.0 Å². The molecule has 1 heterocycles. The van der Waals surface area contributed by atoms with Crippen molar-refractivity contribution in [3.05, 3.63) is 35.9 Å². The number of hydrazine groups is 1. The van der Waals surface area contributed by atoms with E-state index in [0.29, 0.717) is 22.9 Å². The number of rotatable bonds is 11. The molecule has 30 heavy (non-hydrogen) atoms. The van der Waals surface area contributed by atoms with Gasteiger partial charge in [-0.3, -0.25) is 24.4 Å². The average Bonchev–Trinajstić information content (AvgIpc) is 3.12. The first-order chi connectivity index (χ1) is 14.4. The Hall–Kier alpha value is -2.78. The summed E-state index contributed by atoms with van der Waals surface area (Å²) < 4.78 is 0. The summed E-state index contributed by atoms with van der Waals surface area (Å²) in [6.07, 6.45) is 3.59. The van der Waals surface area contributed by atoms with Crippen molar-refractivity contribution in [2.24, 2.45) is 11.8 Å². The van der Waals surface area contributed by atoms with Crippen molar-refractivity contribution >= 4 is 24.1 Å². The first-order valence-electron chi connectivity index (χ1n) is 10.3. The summed E-state index contributed by atoms with van der Waals surface area (Å²) in [4.78, 5) is 50.4. The number of nitrogens with zero attached hydrogens (tertiary/aromatic N) is 3. The summed E-state index contributed by atoms with van der Waals surface area (Å²) >= 11 is 0. The summed E-state index contributed by atoms with van der Waals surface area (Å²) in [6.45, 7) is 2.02. The maximum absolute atomic E-state index is 13.0. The summed E-state index contributed by atoms with van der Waals surface area (Å²) in [5, 5.41) is 10.5. The van der Waals surface area contributed by atoms with Crippen LogP contribution in [0.4, 0.5) is 0 Å².